The number of nitrogens with zero attached hydrogens (tertiary/aromatic N) is 2. The average molecular weight is 408 g/mol. The summed E-state index contributed by atoms with van der Waals surface area (Å²) in [6.45, 7) is 2.80. The SMILES string of the molecule is CCOc1ccc(NC(=O)c2ccc(NCc3cc(=O)n(C)c(=O)n3C)cc2)cc1. The third-order valence-electron chi connectivity index (χ3n) is 4.67. The van der Waals surface area contributed by atoms with Crippen LogP contribution in [0.4, 0.5) is 11.4 Å². The zero-order chi connectivity index (χ0) is 21.7. The van der Waals surface area contributed by atoms with Crippen molar-refractivity contribution in [2.45, 2.75) is 13.5 Å². The number of amides is 1. The Morgan fingerprint density at radius 1 is 0.933 bits per heavy atom. The maximum absolute atomic E-state index is 12.4. The van der Waals surface area contributed by atoms with Gasteiger partial charge in [-0.15, -0.1) is 0 Å². The largest absolute Gasteiger partial charge is 0.494 e. The van der Waals surface area contributed by atoms with Crippen molar-refractivity contribution in [3.05, 3.63) is 86.7 Å². The highest BCUT2D eigenvalue weighted by atomic mass is 16.5. The molecule has 1 aromatic heterocycles. The monoisotopic (exact) mass is 408 g/mol. The van der Waals surface area contributed by atoms with Gasteiger partial charge in [-0.2, -0.15) is 0 Å². The molecule has 0 fully saturated rings. The molecule has 1 heterocycles. The second kappa shape index (κ2) is 9.13. The molecule has 0 saturated heterocycles. The van der Waals surface area contributed by atoms with Gasteiger partial charge in [0.05, 0.1) is 13.2 Å². The van der Waals surface area contributed by atoms with Gasteiger partial charge < -0.3 is 15.4 Å². The molecule has 156 valence electrons. The summed E-state index contributed by atoms with van der Waals surface area (Å²) in [5.74, 6) is 0.527. The lowest BCUT2D eigenvalue weighted by Crippen LogP contribution is -2.38. The highest BCUT2D eigenvalue weighted by Crippen LogP contribution is 2.17. The molecule has 3 aromatic rings. The number of benzene rings is 2. The maximum atomic E-state index is 12.4. The van der Waals surface area contributed by atoms with Gasteiger partial charge in [-0.3, -0.25) is 18.7 Å². The van der Waals surface area contributed by atoms with Gasteiger partial charge in [-0.05, 0) is 55.5 Å². The van der Waals surface area contributed by atoms with E-state index in [0.29, 0.717) is 30.1 Å². The lowest BCUT2D eigenvalue weighted by molar-refractivity contribution is 0.102. The Balaban J connectivity index is 1.63. The van der Waals surface area contributed by atoms with Crippen LogP contribution in [0.3, 0.4) is 0 Å². The van der Waals surface area contributed by atoms with Gasteiger partial charge in [0, 0.05) is 42.8 Å². The minimum atomic E-state index is -0.374. The van der Waals surface area contributed by atoms with Crippen molar-refractivity contribution in [3.63, 3.8) is 0 Å². The van der Waals surface area contributed by atoms with Crippen LogP contribution >= 0.6 is 0 Å². The number of hydrogen-bond acceptors (Lipinski definition) is 5. The van der Waals surface area contributed by atoms with Crippen molar-refractivity contribution in [3.8, 4) is 5.75 Å². The molecule has 8 heteroatoms. The first-order chi connectivity index (χ1) is 14.4. The fraction of sp³-hybridized carbons (Fsp3) is 0.227. The average Bonchev–Trinajstić information content (AvgIpc) is 2.75. The third-order valence-corrected chi connectivity index (χ3v) is 4.67. The molecule has 30 heavy (non-hydrogen) atoms. The fourth-order valence-corrected chi connectivity index (χ4v) is 2.88. The second-order valence-corrected chi connectivity index (χ2v) is 6.72. The van der Waals surface area contributed by atoms with Gasteiger partial charge >= 0.3 is 5.69 Å². The van der Waals surface area contributed by atoms with Crippen LogP contribution in [-0.2, 0) is 20.6 Å². The van der Waals surface area contributed by atoms with E-state index >= 15 is 0 Å². The summed E-state index contributed by atoms with van der Waals surface area (Å²) in [7, 11) is 3.06. The molecular formula is C22H24N4O4. The first-order valence-electron chi connectivity index (χ1n) is 9.53. The molecule has 0 bridgehead atoms. The van der Waals surface area contributed by atoms with Crippen LogP contribution in [-0.4, -0.2) is 21.6 Å². The standard InChI is InChI=1S/C22H24N4O4/c1-4-30-19-11-9-17(10-12-19)24-21(28)15-5-7-16(8-6-15)23-14-18-13-20(27)26(3)22(29)25(18)2/h5-13,23H,4,14H2,1-3H3,(H,24,28). The topological polar surface area (TPSA) is 94.4 Å². The van der Waals surface area contributed by atoms with Crippen molar-refractivity contribution in [2.75, 3.05) is 17.2 Å². The van der Waals surface area contributed by atoms with Crippen LogP contribution in [0.15, 0.2) is 64.2 Å². The Labute approximate surface area is 173 Å². The summed E-state index contributed by atoms with van der Waals surface area (Å²) in [6.07, 6.45) is 0. The fourth-order valence-electron chi connectivity index (χ4n) is 2.88. The molecule has 0 aliphatic rings. The number of anilines is 2. The van der Waals surface area contributed by atoms with E-state index < -0.39 is 0 Å². The van der Waals surface area contributed by atoms with Crippen molar-refractivity contribution >= 4 is 17.3 Å². The number of hydrogen-bond donors (Lipinski definition) is 2. The molecule has 3 rings (SSSR count). The number of ether oxygens (including phenoxy) is 1. The predicted octanol–water partition coefficient (Wildman–Crippen LogP) is 2.35. The van der Waals surface area contributed by atoms with Crippen molar-refractivity contribution in [2.24, 2.45) is 14.1 Å². The number of carbonyl (C=O) groups is 1. The molecule has 0 radical (unpaired) electrons. The molecule has 2 N–H and O–H groups in total. The molecule has 1 amide bonds. The van der Waals surface area contributed by atoms with E-state index in [-0.39, 0.29) is 17.2 Å². The normalized spacial score (nSPS) is 10.5. The zero-order valence-electron chi connectivity index (χ0n) is 17.1. The van der Waals surface area contributed by atoms with Gasteiger partial charge in [0.25, 0.3) is 11.5 Å². The summed E-state index contributed by atoms with van der Waals surface area (Å²) in [4.78, 5) is 36.2. The highest BCUT2D eigenvalue weighted by Gasteiger charge is 2.08. The van der Waals surface area contributed by atoms with E-state index in [9.17, 15) is 14.4 Å². The molecule has 2 aromatic carbocycles. The van der Waals surface area contributed by atoms with Gasteiger partial charge in [0.15, 0.2) is 0 Å². The van der Waals surface area contributed by atoms with Crippen molar-refractivity contribution in [1.29, 1.82) is 0 Å². The van der Waals surface area contributed by atoms with Crippen LogP contribution in [0.5, 0.6) is 5.75 Å². The van der Waals surface area contributed by atoms with E-state index in [1.165, 1.54) is 17.7 Å². The molecule has 0 spiro atoms. The Bertz CT molecular complexity index is 1150. The van der Waals surface area contributed by atoms with E-state index in [1.807, 2.05) is 6.92 Å². The lowest BCUT2D eigenvalue weighted by Gasteiger charge is -2.12. The summed E-state index contributed by atoms with van der Waals surface area (Å²) < 4.78 is 7.87. The Hall–Kier alpha value is -3.81. The summed E-state index contributed by atoms with van der Waals surface area (Å²) >= 11 is 0. The number of aromatic nitrogens is 2. The second-order valence-electron chi connectivity index (χ2n) is 6.72. The molecule has 8 nitrogen and oxygen atoms in total. The molecule has 0 aliphatic heterocycles. The summed E-state index contributed by atoms with van der Waals surface area (Å²) in [6, 6.07) is 15.5. The summed E-state index contributed by atoms with van der Waals surface area (Å²) in [5.41, 5.74) is 1.80. The minimum Gasteiger partial charge on any atom is -0.494 e. The van der Waals surface area contributed by atoms with Crippen LogP contribution < -0.4 is 26.6 Å². The van der Waals surface area contributed by atoms with E-state index in [4.69, 9.17) is 4.74 Å². The van der Waals surface area contributed by atoms with Gasteiger partial charge in [-0.25, -0.2) is 4.79 Å². The molecule has 0 aliphatic carbocycles. The molecular weight excluding hydrogens is 384 g/mol. The van der Waals surface area contributed by atoms with E-state index in [1.54, 1.807) is 55.6 Å². The van der Waals surface area contributed by atoms with Gasteiger partial charge in [0.1, 0.15) is 5.75 Å². The maximum Gasteiger partial charge on any atom is 0.330 e. The number of carbonyl (C=O) groups excluding carboxylic acids is 1. The smallest absolute Gasteiger partial charge is 0.330 e. The van der Waals surface area contributed by atoms with E-state index in [0.717, 1.165) is 16.0 Å². The Morgan fingerprint density at radius 2 is 1.57 bits per heavy atom. The third kappa shape index (κ3) is 4.78. The zero-order valence-corrected chi connectivity index (χ0v) is 17.1. The first kappa shape index (κ1) is 20.9. The van der Waals surface area contributed by atoms with Gasteiger partial charge in [0.2, 0.25) is 0 Å². The first-order valence-corrected chi connectivity index (χ1v) is 9.53. The number of rotatable bonds is 7. The van der Waals surface area contributed by atoms with Crippen LogP contribution in [0.1, 0.15) is 23.0 Å². The minimum absolute atomic E-state index is 0.223. The van der Waals surface area contributed by atoms with Crippen LogP contribution in [0.25, 0.3) is 0 Å². The quantitative estimate of drug-likeness (QED) is 0.626. The molecule has 0 atom stereocenters. The summed E-state index contributed by atoms with van der Waals surface area (Å²) in [5, 5.41) is 6.00. The molecule has 0 unspecified atom stereocenters. The van der Waals surface area contributed by atoms with Gasteiger partial charge in [-0.1, -0.05) is 0 Å². The lowest BCUT2D eigenvalue weighted by atomic mass is 10.2. The van der Waals surface area contributed by atoms with Crippen molar-refractivity contribution in [1.82, 2.24) is 9.13 Å². The van der Waals surface area contributed by atoms with E-state index in [2.05, 4.69) is 10.6 Å². The Kier molecular flexibility index (Phi) is 6.36. The number of nitrogens with one attached hydrogen (secondary N) is 2. The van der Waals surface area contributed by atoms with Crippen LogP contribution in [0, 0.1) is 0 Å². The Morgan fingerprint density at radius 3 is 2.20 bits per heavy atom. The van der Waals surface area contributed by atoms with Crippen molar-refractivity contribution < 1.29 is 9.53 Å². The van der Waals surface area contributed by atoms with Crippen LogP contribution in [0.2, 0.25) is 0 Å². The highest BCUT2D eigenvalue weighted by molar-refractivity contribution is 6.04. The molecule has 0 saturated carbocycles. The predicted molar refractivity (Wildman–Crippen MR) is 116 cm³/mol.